The molecule has 29 heavy (non-hydrogen) atoms. The molecule has 7 heteroatoms. The van der Waals surface area contributed by atoms with Crippen molar-refractivity contribution in [1.29, 1.82) is 0 Å². The molecule has 1 aromatic heterocycles. The highest BCUT2D eigenvalue weighted by atomic mass is 16.5. The number of amides is 1. The molecule has 7 nitrogen and oxygen atoms in total. The minimum atomic E-state index is -0.973. The van der Waals surface area contributed by atoms with Crippen LogP contribution in [-0.4, -0.2) is 42.1 Å². The first-order valence-electron chi connectivity index (χ1n) is 9.66. The van der Waals surface area contributed by atoms with Crippen molar-refractivity contribution in [2.45, 2.75) is 46.6 Å². The van der Waals surface area contributed by atoms with Gasteiger partial charge in [-0.15, -0.1) is 0 Å². The summed E-state index contributed by atoms with van der Waals surface area (Å²) in [5.41, 5.74) is 2.52. The molecule has 0 bridgehead atoms. The van der Waals surface area contributed by atoms with E-state index in [0.29, 0.717) is 23.4 Å². The Kier molecular flexibility index (Phi) is 7.59. The van der Waals surface area contributed by atoms with Gasteiger partial charge < -0.3 is 19.8 Å². The van der Waals surface area contributed by atoms with E-state index in [1.54, 1.807) is 20.8 Å². The molecule has 2 rings (SSSR count). The van der Waals surface area contributed by atoms with Crippen LogP contribution in [0.15, 0.2) is 30.3 Å². The monoisotopic (exact) mass is 400 g/mol. The Morgan fingerprint density at radius 3 is 2.34 bits per heavy atom. The summed E-state index contributed by atoms with van der Waals surface area (Å²) >= 11 is 0. The fraction of sp³-hybridized carbons (Fsp3) is 0.409. The van der Waals surface area contributed by atoms with Crippen molar-refractivity contribution in [3.05, 3.63) is 58.4 Å². The maximum absolute atomic E-state index is 12.5. The predicted octanol–water partition coefficient (Wildman–Crippen LogP) is 3.27. The van der Waals surface area contributed by atoms with Gasteiger partial charge in [0.25, 0.3) is 5.91 Å². The van der Waals surface area contributed by atoms with E-state index < -0.39 is 18.0 Å². The zero-order chi connectivity index (χ0) is 21.6. The number of H-pyrrole nitrogens is 1. The van der Waals surface area contributed by atoms with Gasteiger partial charge in [-0.1, -0.05) is 37.3 Å². The van der Waals surface area contributed by atoms with Gasteiger partial charge in [-0.25, -0.2) is 9.59 Å². The third-order valence-electron chi connectivity index (χ3n) is 4.73. The summed E-state index contributed by atoms with van der Waals surface area (Å²) in [6.07, 6.45) is -0.973. The standard InChI is InChI=1S/C22H28N2O5/c1-6-28-21(26)18-14(3)19(24-15(18)4)22(27)29-16(5)20(25)23-12-13(2)17-10-8-7-9-11-17/h7-11,13,16,24H,6,12H2,1-5H3,(H,23,25)/t13-,16-/m0/s1. The number of aromatic nitrogens is 1. The molecule has 0 aliphatic carbocycles. The molecule has 2 aromatic rings. The van der Waals surface area contributed by atoms with Crippen LogP contribution >= 0.6 is 0 Å². The third-order valence-corrected chi connectivity index (χ3v) is 4.73. The molecule has 0 radical (unpaired) electrons. The van der Waals surface area contributed by atoms with Crippen molar-refractivity contribution >= 4 is 17.8 Å². The Labute approximate surface area is 170 Å². The van der Waals surface area contributed by atoms with Crippen molar-refractivity contribution in [2.24, 2.45) is 0 Å². The van der Waals surface area contributed by atoms with E-state index in [9.17, 15) is 14.4 Å². The normalized spacial score (nSPS) is 12.7. The highest BCUT2D eigenvalue weighted by Gasteiger charge is 2.26. The van der Waals surface area contributed by atoms with Gasteiger partial charge in [0, 0.05) is 12.2 Å². The number of benzene rings is 1. The second-order valence-corrected chi connectivity index (χ2v) is 6.95. The Morgan fingerprint density at radius 2 is 1.72 bits per heavy atom. The summed E-state index contributed by atoms with van der Waals surface area (Å²) in [5, 5.41) is 2.80. The minimum Gasteiger partial charge on any atom is -0.462 e. The number of hydrogen-bond donors (Lipinski definition) is 2. The largest absolute Gasteiger partial charge is 0.462 e. The molecule has 2 atom stereocenters. The first-order valence-corrected chi connectivity index (χ1v) is 9.66. The molecule has 0 saturated heterocycles. The Hall–Kier alpha value is -3.09. The lowest BCUT2D eigenvalue weighted by atomic mass is 10.0. The Balaban J connectivity index is 1.97. The smallest absolute Gasteiger partial charge is 0.355 e. The minimum absolute atomic E-state index is 0.128. The van der Waals surface area contributed by atoms with Crippen molar-refractivity contribution in [2.75, 3.05) is 13.2 Å². The fourth-order valence-corrected chi connectivity index (χ4v) is 3.03. The van der Waals surface area contributed by atoms with Crippen molar-refractivity contribution < 1.29 is 23.9 Å². The second-order valence-electron chi connectivity index (χ2n) is 6.95. The summed E-state index contributed by atoms with van der Waals surface area (Å²) in [6, 6.07) is 9.83. The van der Waals surface area contributed by atoms with Crippen LogP contribution in [0.1, 0.15) is 64.4 Å². The topological polar surface area (TPSA) is 97.5 Å². The molecule has 0 fully saturated rings. The molecule has 2 N–H and O–H groups in total. The Morgan fingerprint density at radius 1 is 1.07 bits per heavy atom. The van der Waals surface area contributed by atoms with Gasteiger partial charge in [-0.05, 0) is 44.7 Å². The average Bonchev–Trinajstić information content (AvgIpc) is 3.00. The average molecular weight is 400 g/mol. The summed E-state index contributed by atoms with van der Waals surface area (Å²) < 4.78 is 10.3. The SMILES string of the molecule is CCOC(=O)c1c(C)[nH]c(C(=O)O[C@@H](C)C(=O)NC[C@H](C)c2ccccc2)c1C. The number of carbonyl (C=O) groups excluding carboxylic acids is 3. The number of aromatic amines is 1. The summed E-state index contributed by atoms with van der Waals surface area (Å²) in [6.45, 7) is 9.21. The quantitative estimate of drug-likeness (QED) is 0.663. The van der Waals surface area contributed by atoms with Crippen molar-refractivity contribution in [3.8, 4) is 0 Å². The molecule has 0 spiro atoms. The highest BCUT2D eigenvalue weighted by Crippen LogP contribution is 2.20. The maximum Gasteiger partial charge on any atom is 0.355 e. The van der Waals surface area contributed by atoms with E-state index in [4.69, 9.17) is 9.47 Å². The molecule has 0 aliphatic rings. The summed E-state index contributed by atoms with van der Waals surface area (Å²) in [4.78, 5) is 39.7. The molecule has 1 amide bonds. The van der Waals surface area contributed by atoms with Crippen LogP contribution in [0.2, 0.25) is 0 Å². The molecule has 1 aromatic carbocycles. The lowest BCUT2D eigenvalue weighted by Gasteiger charge is -2.16. The fourth-order valence-electron chi connectivity index (χ4n) is 3.03. The molecule has 0 aliphatic heterocycles. The first-order chi connectivity index (χ1) is 13.8. The van der Waals surface area contributed by atoms with Gasteiger partial charge in [0.1, 0.15) is 5.69 Å². The molecule has 1 heterocycles. The third kappa shape index (κ3) is 5.47. The van der Waals surface area contributed by atoms with Gasteiger partial charge in [-0.3, -0.25) is 4.79 Å². The van der Waals surface area contributed by atoms with Crippen molar-refractivity contribution in [3.63, 3.8) is 0 Å². The van der Waals surface area contributed by atoms with Crippen LogP contribution in [0.5, 0.6) is 0 Å². The highest BCUT2D eigenvalue weighted by molar-refractivity contribution is 5.99. The van der Waals surface area contributed by atoms with E-state index in [1.165, 1.54) is 6.92 Å². The molecule has 0 unspecified atom stereocenters. The van der Waals surface area contributed by atoms with Gasteiger partial charge in [0.15, 0.2) is 6.10 Å². The maximum atomic E-state index is 12.5. The van der Waals surface area contributed by atoms with Crippen molar-refractivity contribution in [1.82, 2.24) is 10.3 Å². The van der Waals surface area contributed by atoms with Crippen LogP contribution in [0.25, 0.3) is 0 Å². The molecule has 0 saturated carbocycles. The Bertz CT molecular complexity index is 873. The number of hydrogen-bond acceptors (Lipinski definition) is 5. The van der Waals surface area contributed by atoms with Crippen LogP contribution < -0.4 is 5.32 Å². The van der Waals surface area contributed by atoms with E-state index >= 15 is 0 Å². The molecular formula is C22H28N2O5. The van der Waals surface area contributed by atoms with Gasteiger partial charge in [0.2, 0.25) is 0 Å². The number of ether oxygens (including phenoxy) is 2. The predicted molar refractivity (Wildman–Crippen MR) is 109 cm³/mol. The lowest BCUT2D eigenvalue weighted by molar-refractivity contribution is -0.129. The van der Waals surface area contributed by atoms with Crippen LogP contribution in [-0.2, 0) is 14.3 Å². The number of carbonyl (C=O) groups is 3. The van der Waals surface area contributed by atoms with Crippen LogP contribution in [0, 0.1) is 13.8 Å². The van der Waals surface area contributed by atoms with Crippen LogP contribution in [0.4, 0.5) is 0 Å². The summed E-state index contributed by atoms with van der Waals surface area (Å²) in [5.74, 6) is -1.45. The van der Waals surface area contributed by atoms with Gasteiger partial charge in [0.05, 0.1) is 12.2 Å². The van der Waals surface area contributed by atoms with E-state index in [-0.39, 0.29) is 24.1 Å². The zero-order valence-corrected chi connectivity index (χ0v) is 17.5. The van der Waals surface area contributed by atoms with E-state index in [1.807, 2.05) is 37.3 Å². The van der Waals surface area contributed by atoms with Gasteiger partial charge >= 0.3 is 11.9 Å². The zero-order valence-electron chi connectivity index (χ0n) is 17.5. The van der Waals surface area contributed by atoms with Gasteiger partial charge in [-0.2, -0.15) is 0 Å². The van der Waals surface area contributed by atoms with E-state index in [0.717, 1.165) is 5.56 Å². The number of nitrogens with one attached hydrogen (secondary N) is 2. The number of rotatable bonds is 8. The molecule has 156 valence electrons. The number of esters is 2. The first kappa shape index (κ1) is 22.2. The number of aryl methyl sites for hydroxylation is 1. The second kappa shape index (κ2) is 9.91. The summed E-state index contributed by atoms with van der Waals surface area (Å²) in [7, 11) is 0. The molecular weight excluding hydrogens is 372 g/mol. The van der Waals surface area contributed by atoms with E-state index in [2.05, 4.69) is 10.3 Å². The lowest BCUT2D eigenvalue weighted by Crippen LogP contribution is -2.37. The van der Waals surface area contributed by atoms with Crippen LogP contribution in [0.3, 0.4) is 0 Å².